The van der Waals surface area contributed by atoms with Gasteiger partial charge in [0.05, 0.1) is 23.1 Å². The van der Waals surface area contributed by atoms with Crippen LogP contribution in [0.3, 0.4) is 0 Å². The average Bonchev–Trinajstić information content (AvgIpc) is 2.85. The number of benzene rings is 1. The second kappa shape index (κ2) is 16.2. The van der Waals surface area contributed by atoms with E-state index in [-0.39, 0.29) is 6.04 Å². The van der Waals surface area contributed by atoms with Crippen molar-refractivity contribution < 1.29 is 9.90 Å². The number of aliphatic imine (C=N–C) groups is 1. The van der Waals surface area contributed by atoms with Crippen LogP contribution >= 0.6 is 0 Å². The van der Waals surface area contributed by atoms with Crippen LogP contribution in [-0.2, 0) is 4.79 Å². The maximum atomic E-state index is 10.4. The Hall–Kier alpha value is -2.50. The molecule has 1 unspecified atom stereocenters. The predicted molar refractivity (Wildman–Crippen MR) is 145 cm³/mol. The van der Waals surface area contributed by atoms with Crippen molar-refractivity contribution in [3.05, 3.63) is 71.5 Å². The summed E-state index contributed by atoms with van der Waals surface area (Å²) >= 11 is 0. The lowest BCUT2D eigenvalue weighted by Gasteiger charge is -2.35. The second-order valence-corrected chi connectivity index (χ2v) is 8.84. The molecule has 3 rings (SSSR count). The van der Waals surface area contributed by atoms with E-state index in [4.69, 9.17) is 0 Å². The van der Waals surface area contributed by atoms with Crippen molar-refractivity contribution in [2.45, 2.75) is 90.8 Å². The van der Waals surface area contributed by atoms with Crippen molar-refractivity contribution in [2.24, 2.45) is 4.99 Å². The van der Waals surface area contributed by atoms with E-state index in [1.165, 1.54) is 37.7 Å². The molecule has 1 amide bonds. The van der Waals surface area contributed by atoms with Crippen LogP contribution in [0.2, 0.25) is 0 Å². The van der Waals surface area contributed by atoms with Gasteiger partial charge in [0.15, 0.2) is 0 Å². The summed E-state index contributed by atoms with van der Waals surface area (Å²) in [6.45, 7) is 9.85. The molecule has 5 nitrogen and oxygen atoms in total. The van der Waals surface area contributed by atoms with Gasteiger partial charge in [-0.1, -0.05) is 88.6 Å². The van der Waals surface area contributed by atoms with Crippen LogP contribution in [0.15, 0.2) is 70.9 Å². The van der Waals surface area contributed by atoms with E-state index in [1.807, 2.05) is 64.1 Å². The summed E-state index contributed by atoms with van der Waals surface area (Å²) in [5.41, 5.74) is 3.09. The van der Waals surface area contributed by atoms with Crippen molar-refractivity contribution in [2.75, 3.05) is 7.05 Å². The fourth-order valence-corrected chi connectivity index (χ4v) is 4.23. The first-order chi connectivity index (χ1) is 16.4. The number of carbonyl (C=O) groups excluding carboxylic acids is 1. The number of hydrogen-bond acceptors (Lipinski definition) is 4. The summed E-state index contributed by atoms with van der Waals surface area (Å²) in [6.07, 6.45) is 15.9. The van der Waals surface area contributed by atoms with Crippen LogP contribution in [0.4, 0.5) is 0 Å². The Morgan fingerprint density at radius 2 is 1.79 bits per heavy atom. The van der Waals surface area contributed by atoms with Crippen LogP contribution in [-0.4, -0.2) is 35.9 Å². The fraction of sp³-hybridized carbons (Fsp3) is 0.517. The molecule has 0 aromatic heterocycles. The summed E-state index contributed by atoms with van der Waals surface area (Å²) in [7, 11) is 1.72. The summed E-state index contributed by atoms with van der Waals surface area (Å²) in [5.74, 6) is 0. The number of nitrogens with zero attached hydrogens (tertiary/aromatic N) is 1. The molecule has 0 heterocycles. The first-order valence-corrected chi connectivity index (χ1v) is 12.7. The zero-order valence-electron chi connectivity index (χ0n) is 22.0. The van der Waals surface area contributed by atoms with Gasteiger partial charge >= 0.3 is 0 Å². The summed E-state index contributed by atoms with van der Waals surface area (Å²) in [5, 5.41) is 16.7. The molecular formula is C29H45N3O2. The molecule has 0 radical (unpaired) electrons. The van der Waals surface area contributed by atoms with Crippen LogP contribution < -0.4 is 10.6 Å². The van der Waals surface area contributed by atoms with E-state index in [1.54, 1.807) is 7.05 Å². The lowest BCUT2D eigenvalue weighted by molar-refractivity contribution is -0.108. The van der Waals surface area contributed by atoms with E-state index < -0.39 is 5.60 Å². The minimum Gasteiger partial charge on any atom is -0.388 e. The predicted octanol–water partition coefficient (Wildman–Crippen LogP) is 6.04. The van der Waals surface area contributed by atoms with Gasteiger partial charge in [0.1, 0.15) is 0 Å². The van der Waals surface area contributed by atoms with Gasteiger partial charge in [0.2, 0.25) is 6.41 Å². The highest BCUT2D eigenvalue weighted by atomic mass is 16.3. The summed E-state index contributed by atoms with van der Waals surface area (Å²) < 4.78 is 0. The Kier molecular flexibility index (Phi) is 14.1. The Morgan fingerprint density at radius 1 is 1.15 bits per heavy atom. The second-order valence-electron chi connectivity index (χ2n) is 8.84. The molecule has 188 valence electrons. The fourth-order valence-electron chi connectivity index (χ4n) is 4.23. The highest BCUT2D eigenvalue weighted by Crippen LogP contribution is 2.28. The van der Waals surface area contributed by atoms with Crippen LogP contribution in [0.25, 0.3) is 0 Å². The zero-order valence-corrected chi connectivity index (χ0v) is 22.0. The number of allylic oxidation sites excluding steroid dienone is 5. The summed E-state index contributed by atoms with van der Waals surface area (Å²) in [6, 6.07) is 10.9. The topological polar surface area (TPSA) is 73.7 Å². The third-order valence-electron chi connectivity index (χ3n) is 5.78. The monoisotopic (exact) mass is 467 g/mol. The first-order valence-electron chi connectivity index (χ1n) is 12.7. The van der Waals surface area contributed by atoms with Gasteiger partial charge in [-0.05, 0) is 50.3 Å². The molecule has 1 saturated carbocycles. The quantitative estimate of drug-likeness (QED) is 0.428. The highest BCUT2D eigenvalue weighted by molar-refractivity contribution is 6.15. The molecule has 1 aromatic rings. The van der Waals surface area contributed by atoms with E-state index in [9.17, 15) is 9.90 Å². The Bertz CT molecular complexity index is 827. The van der Waals surface area contributed by atoms with Gasteiger partial charge in [-0.2, -0.15) is 0 Å². The maximum Gasteiger partial charge on any atom is 0.211 e. The number of nitrogens with one attached hydrogen (secondary N) is 2. The number of hydrogen-bond donors (Lipinski definition) is 3. The van der Waals surface area contributed by atoms with Crippen molar-refractivity contribution in [1.82, 2.24) is 10.6 Å². The third-order valence-corrected chi connectivity index (χ3v) is 5.78. The molecule has 1 aromatic carbocycles. The molecule has 0 saturated heterocycles. The molecule has 0 spiro atoms. The van der Waals surface area contributed by atoms with E-state index in [0.29, 0.717) is 12.5 Å². The molecule has 3 N–H and O–H groups in total. The largest absolute Gasteiger partial charge is 0.388 e. The molecule has 2 aliphatic rings. The van der Waals surface area contributed by atoms with E-state index in [2.05, 4.69) is 40.8 Å². The molecule has 0 aliphatic heterocycles. The molecular weight excluding hydrogens is 422 g/mol. The zero-order chi connectivity index (χ0) is 25.4. The maximum absolute atomic E-state index is 10.4. The van der Waals surface area contributed by atoms with Crippen molar-refractivity contribution in [1.29, 1.82) is 0 Å². The van der Waals surface area contributed by atoms with Crippen LogP contribution in [0.5, 0.6) is 0 Å². The first kappa shape index (κ1) is 29.5. The smallest absolute Gasteiger partial charge is 0.211 e. The normalized spacial score (nSPS) is 19.3. The van der Waals surface area contributed by atoms with E-state index >= 15 is 0 Å². The minimum atomic E-state index is -0.737. The van der Waals surface area contributed by atoms with Gasteiger partial charge in [0.25, 0.3) is 0 Å². The van der Waals surface area contributed by atoms with Gasteiger partial charge < -0.3 is 15.7 Å². The minimum absolute atomic E-state index is 0.0156. The van der Waals surface area contributed by atoms with Gasteiger partial charge in [-0.3, -0.25) is 9.79 Å². The van der Waals surface area contributed by atoms with Crippen molar-refractivity contribution in [3.8, 4) is 0 Å². The molecule has 5 heteroatoms. The van der Waals surface area contributed by atoms with Gasteiger partial charge in [-0.25, -0.2) is 0 Å². The van der Waals surface area contributed by atoms with Crippen molar-refractivity contribution in [3.63, 3.8) is 0 Å². The molecule has 2 aliphatic carbocycles. The molecule has 1 atom stereocenters. The SMILES string of the molecule is CC.CC(C)(O)C(NC1CCCCC1)c1ccccc1.CC/C=C1/C=CC=C(NC=O)C1=NC. The Labute approximate surface area is 207 Å². The lowest BCUT2D eigenvalue weighted by atomic mass is 9.88. The Morgan fingerprint density at radius 3 is 2.32 bits per heavy atom. The molecule has 0 bridgehead atoms. The van der Waals surface area contributed by atoms with Gasteiger partial charge in [-0.15, -0.1) is 0 Å². The number of aliphatic hydroxyl groups is 1. The lowest BCUT2D eigenvalue weighted by Crippen LogP contribution is -2.44. The number of amides is 1. The van der Waals surface area contributed by atoms with Gasteiger partial charge in [0, 0.05) is 13.1 Å². The van der Waals surface area contributed by atoms with Crippen molar-refractivity contribution >= 4 is 12.1 Å². The third kappa shape index (κ3) is 9.78. The standard InChI is InChI=1S/C16H25NO.C11H14N2O.C2H6/c1-16(2,18)15(13-9-5-3-6-10-13)17-14-11-7-4-8-12-14;1-3-5-9-6-4-7-10(13-8-14)11(9)12-2;1-2/h3,5-6,9-10,14-15,17-18H,4,7-8,11-12H2,1-2H3;4-8H,3H2,1-2H3,(H,13,14);1-2H3/b;9-5-,12-11?;. The molecule has 34 heavy (non-hydrogen) atoms. The number of carbonyl (C=O) groups is 1. The van der Waals surface area contributed by atoms with E-state index in [0.717, 1.165) is 23.4 Å². The number of rotatable bonds is 7. The Balaban J connectivity index is 0.000000326. The molecule has 1 fully saturated rings. The highest BCUT2D eigenvalue weighted by Gasteiger charge is 2.30. The average molecular weight is 468 g/mol. The summed E-state index contributed by atoms with van der Waals surface area (Å²) in [4.78, 5) is 14.5. The van der Waals surface area contributed by atoms with Crippen LogP contribution in [0, 0.1) is 0 Å². The van der Waals surface area contributed by atoms with Crippen LogP contribution in [0.1, 0.15) is 84.7 Å².